The van der Waals surface area contributed by atoms with E-state index in [1.165, 1.54) is 12.4 Å². The van der Waals surface area contributed by atoms with Crippen molar-refractivity contribution >= 4 is 11.3 Å². The van der Waals surface area contributed by atoms with Gasteiger partial charge in [-0.1, -0.05) is 5.21 Å². The molecule has 0 amide bonds. The minimum absolute atomic E-state index is 0.267. The van der Waals surface area contributed by atoms with E-state index in [0.717, 1.165) is 10.6 Å². The summed E-state index contributed by atoms with van der Waals surface area (Å²) in [6, 6.07) is 0.963. The average Bonchev–Trinajstić information content (AvgIpc) is 3.06. The fraction of sp³-hybridized carbons (Fsp3) is 0.273. The minimum atomic E-state index is -4.48. The first-order chi connectivity index (χ1) is 10.0. The predicted octanol–water partition coefficient (Wildman–Crippen LogP) is 1.45. The van der Waals surface area contributed by atoms with Gasteiger partial charge in [0, 0.05) is 31.2 Å². The fourth-order valence-corrected chi connectivity index (χ4v) is 1.84. The molecule has 0 aliphatic carbocycles. The van der Waals surface area contributed by atoms with Crippen LogP contribution in [0.25, 0.3) is 5.52 Å². The van der Waals surface area contributed by atoms with Crippen molar-refractivity contribution in [2.45, 2.75) is 12.7 Å². The Balaban J connectivity index is 1.80. The van der Waals surface area contributed by atoms with E-state index in [4.69, 9.17) is 0 Å². The second-order valence-electron chi connectivity index (χ2n) is 4.23. The molecule has 21 heavy (non-hydrogen) atoms. The maximum atomic E-state index is 12.7. The van der Waals surface area contributed by atoms with Gasteiger partial charge in [0.05, 0.1) is 12.7 Å². The Morgan fingerprint density at radius 2 is 2.05 bits per heavy atom. The van der Waals surface area contributed by atoms with Crippen LogP contribution >= 0.6 is 0 Å². The summed E-state index contributed by atoms with van der Waals surface area (Å²) in [4.78, 5) is 4.04. The van der Waals surface area contributed by atoms with Crippen molar-refractivity contribution in [2.24, 2.45) is 0 Å². The number of fused-ring (bicyclic) bond motifs is 1. The molecule has 0 atom stereocenters. The normalized spacial score (nSPS) is 12.0. The summed E-state index contributed by atoms with van der Waals surface area (Å²) in [5, 5.41) is 13.9. The summed E-state index contributed by atoms with van der Waals surface area (Å²) in [7, 11) is 0. The second-order valence-corrected chi connectivity index (χ2v) is 4.23. The van der Waals surface area contributed by atoms with E-state index < -0.39 is 11.9 Å². The van der Waals surface area contributed by atoms with Gasteiger partial charge in [0.15, 0.2) is 11.5 Å². The Kier molecular flexibility index (Phi) is 3.20. The van der Waals surface area contributed by atoms with Crippen molar-refractivity contribution in [1.82, 2.24) is 29.6 Å². The third-order valence-electron chi connectivity index (χ3n) is 2.79. The molecule has 3 aromatic rings. The molecular formula is C11H10F3N7. The van der Waals surface area contributed by atoms with E-state index in [0.29, 0.717) is 18.9 Å². The quantitative estimate of drug-likeness (QED) is 0.789. The highest BCUT2D eigenvalue weighted by Crippen LogP contribution is 2.29. The van der Waals surface area contributed by atoms with Crippen LogP contribution in [-0.2, 0) is 12.7 Å². The molecule has 110 valence electrons. The predicted molar refractivity (Wildman–Crippen MR) is 66.5 cm³/mol. The van der Waals surface area contributed by atoms with Crippen molar-refractivity contribution < 1.29 is 13.2 Å². The van der Waals surface area contributed by atoms with Crippen LogP contribution in [0.2, 0.25) is 0 Å². The van der Waals surface area contributed by atoms with Crippen LogP contribution in [-0.4, -0.2) is 36.1 Å². The molecule has 3 heterocycles. The van der Waals surface area contributed by atoms with Crippen molar-refractivity contribution in [1.29, 1.82) is 0 Å². The van der Waals surface area contributed by atoms with Crippen LogP contribution in [0.3, 0.4) is 0 Å². The monoisotopic (exact) mass is 297 g/mol. The van der Waals surface area contributed by atoms with Gasteiger partial charge < -0.3 is 5.32 Å². The molecule has 0 aromatic carbocycles. The van der Waals surface area contributed by atoms with Gasteiger partial charge in [-0.05, 0) is 0 Å². The van der Waals surface area contributed by atoms with Gasteiger partial charge in [-0.15, -0.1) is 5.10 Å². The number of hydrogen-bond donors (Lipinski definition) is 1. The number of halogens is 3. The van der Waals surface area contributed by atoms with Gasteiger partial charge in [0.25, 0.3) is 0 Å². The summed E-state index contributed by atoms with van der Waals surface area (Å²) < 4.78 is 40.7. The first-order valence-electron chi connectivity index (χ1n) is 6.03. The molecule has 0 radical (unpaired) electrons. The Bertz CT molecular complexity index is 732. The first kappa shape index (κ1) is 13.3. The average molecular weight is 297 g/mol. The van der Waals surface area contributed by atoms with Gasteiger partial charge in [-0.3, -0.25) is 4.68 Å². The van der Waals surface area contributed by atoms with Crippen molar-refractivity contribution in [3.63, 3.8) is 0 Å². The molecule has 0 bridgehead atoms. The Morgan fingerprint density at radius 3 is 2.76 bits per heavy atom. The largest absolute Gasteiger partial charge is 0.435 e. The van der Waals surface area contributed by atoms with Crippen LogP contribution in [0.15, 0.2) is 30.9 Å². The minimum Gasteiger partial charge on any atom is -0.366 e. The Labute approximate surface area is 116 Å². The molecule has 1 N–H and O–H groups in total. The standard InChI is InChI=1S/C11H10F3N7/c12-11(13,14)9-7-8-10(16-2-6-21(8)18-9)15-1-4-20-5-3-17-19-20/h2-3,5-7H,1,4H2,(H,15,16). The summed E-state index contributed by atoms with van der Waals surface area (Å²) in [5.41, 5.74) is -0.682. The molecule has 3 rings (SSSR count). The number of hydrogen-bond acceptors (Lipinski definition) is 5. The summed E-state index contributed by atoms with van der Waals surface area (Å²) in [5.74, 6) is 0.334. The molecule has 0 saturated heterocycles. The van der Waals surface area contributed by atoms with E-state index >= 15 is 0 Å². The van der Waals surface area contributed by atoms with Gasteiger partial charge in [0.2, 0.25) is 0 Å². The molecule has 0 fully saturated rings. The molecule has 10 heteroatoms. The van der Waals surface area contributed by atoms with Crippen LogP contribution < -0.4 is 5.32 Å². The second kappa shape index (κ2) is 5.04. The van der Waals surface area contributed by atoms with Crippen LogP contribution in [0.4, 0.5) is 19.0 Å². The topological polar surface area (TPSA) is 72.9 Å². The lowest BCUT2D eigenvalue weighted by atomic mass is 10.3. The molecule has 0 saturated carbocycles. The maximum absolute atomic E-state index is 12.7. The maximum Gasteiger partial charge on any atom is 0.435 e. The van der Waals surface area contributed by atoms with Gasteiger partial charge >= 0.3 is 6.18 Å². The molecule has 0 aliphatic heterocycles. The zero-order valence-corrected chi connectivity index (χ0v) is 10.6. The lowest BCUT2D eigenvalue weighted by Crippen LogP contribution is -2.12. The zero-order valence-electron chi connectivity index (χ0n) is 10.6. The molecule has 0 aliphatic rings. The Hall–Kier alpha value is -2.65. The number of nitrogens with zero attached hydrogens (tertiary/aromatic N) is 6. The van der Waals surface area contributed by atoms with Crippen molar-refractivity contribution in [3.05, 3.63) is 36.5 Å². The zero-order chi connectivity index (χ0) is 14.9. The van der Waals surface area contributed by atoms with Crippen molar-refractivity contribution in [2.75, 3.05) is 11.9 Å². The van der Waals surface area contributed by atoms with E-state index in [-0.39, 0.29) is 5.52 Å². The lowest BCUT2D eigenvalue weighted by molar-refractivity contribution is -0.141. The van der Waals surface area contributed by atoms with E-state index in [1.807, 2.05) is 0 Å². The highest BCUT2D eigenvalue weighted by molar-refractivity contribution is 5.67. The fourth-order valence-electron chi connectivity index (χ4n) is 1.84. The highest BCUT2D eigenvalue weighted by atomic mass is 19.4. The number of nitrogens with one attached hydrogen (secondary N) is 1. The number of anilines is 1. The van der Waals surface area contributed by atoms with E-state index in [9.17, 15) is 13.2 Å². The SMILES string of the molecule is FC(F)(F)c1cc2c(NCCn3ccnn3)nccn2n1. The van der Waals surface area contributed by atoms with Gasteiger partial charge in [-0.2, -0.15) is 18.3 Å². The lowest BCUT2D eigenvalue weighted by Gasteiger charge is -2.06. The molecule has 0 spiro atoms. The molecule has 3 aromatic heterocycles. The summed E-state index contributed by atoms with van der Waals surface area (Å²) in [6.45, 7) is 0.964. The summed E-state index contributed by atoms with van der Waals surface area (Å²) in [6.07, 6.45) is 1.51. The number of alkyl halides is 3. The highest BCUT2D eigenvalue weighted by Gasteiger charge is 2.34. The Morgan fingerprint density at radius 1 is 1.19 bits per heavy atom. The van der Waals surface area contributed by atoms with Crippen molar-refractivity contribution in [3.8, 4) is 0 Å². The number of aromatic nitrogens is 6. The molecular weight excluding hydrogens is 287 g/mol. The smallest absolute Gasteiger partial charge is 0.366 e. The first-order valence-corrected chi connectivity index (χ1v) is 6.03. The van der Waals surface area contributed by atoms with Crippen LogP contribution in [0, 0.1) is 0 Å². The van der Waals surface area contributed by atoms with Gasteiger partial charge in [-0.25, -0.2) is 9.50 Å². The molecule has 7 nitrogen and oxygen atoms in total. The van der Waals surface area contributed by atoms with Crippen LogP contribution in [0.5, 0.6) is 0 Å². The van der Waals surface area contributed by atoms with E-state index in [1.54, 1.807) is 17.1 Å². The van der Waals surface area contributed by atoms with Crippen LogP contribution in [0.1, 0.15) is 5.69 Å². The third-order valence-corrected chi connectivity index (χ3v) is 2.79. The number of rotatable bonds is 4. The summed E-state index contributed by atoms with van der Waals surface area (Å²) >= 11 is 0. The third kappa shape index (κ3) is 2.78. The molecule has 0 unspecified atom stereocenters. The van der Waals surface area contributed by atoms with E-state index in [2.05, 4.69) is 25.7 Å². The van der Waals surface area contributed by atoms with Gasteiger partial charge in [0.1, 0.15) is 5.52 Å².